The number of carbonyl (C=O) groups is 2. The van der Waals surface area contributed by atoms with Gasteiger partial charge in [0, 0.05) is 30.7 Å². The van der Waals surface area contributed by atoms with Gasteiger partial charge in [0.25, 0.3) is 0 Å². The average molecular weight is 353 g/mol. The SMILES string of the molecule is Cc1cc(NC(=O)C2CCCN(C(=O)OCc3ccccc3)C2)ccn1. The summed E-state index contributed by atoms with van der Waals surface area (Å²) in [5.74, 6) is -0.308. The summed E-state index contributed by atoms with van der Waals surface area (Å²) in [7, 11) is 0. The van der Waals surface area contributed by atoms with Crippen molar-refractivity contribution < 1.29 is 14.3 Å². The number of nitrogens with one attached hydrogen (secondary N) is 1. The summed E-state index contributed by atoms with van der Waals surface area (Å²) in [5.41, 5.74) is 2.52. The van der Waals surface area contributed by atoms with Crippen LogP contribution in [-0.2, 0) is 16.1 Å². The number of nitrogens with zero attached hydrogens (tertiary/aromatic N) is 2. The van der Waals surface area contributed by atoms with Gasteiger partial charge in [-0.3, -0.25) is 9.78 Å². The molecule has 1 aliphatic rings. The Hall–Kier alpha value is -2.89. The first-order chi connectivity index (χ1) is 12.6. The molecule has 3 rings (SSSR count). The quantitative estimate of drug-likeness (QED) is 0.915. The molecular weight excluding hydrogens is 330 g/mol. The minimum atomic E-state index is -0.369. The number of likely N-dealkylation sites (tertiary alicyclic amines) is 1. The van der Waals surface area contributed by atoms with Crippen LogP contribution in [0, 0.1) is 12.8 Å². The second-order valence-electron chi connectivity index (χ2n) is 6.50. The van der Waals surface area contributed by atoms with Crippen molar-refractivity contribution in [1.29, 1.82) is 0 Å². The lowest BCUT2D eigenvalue weighted by molar-refractivity contribution is -0.121. The van der Waals surface area contributed by atoms with E-state index >= 15 is 0 Å². The minimum absolute atomic E-state index is 0.0730. The number of aryl methyl sites for hydroxylation is 1. The summed E-state index contributed by atoms with van der Waals surface area (Å²) in [5, 5.41) is 2.91. The van der Waals surface area contributed by atoms with Crippen LogP contribution in [0.1, 0.15) is 24.1 Å². The highest BCUT2D eigenvalue weighted by atomic mass is 16.6. The van der Waals surface area contributed by atoms with Crippen molar-refractivity contribution in [3.05, 3.63) is 59.9 Å². The number of ether oxygens (including phenoxy) is 1. The smallest absolute Gasteiger partial charge is 0.410 e. The van der Waals surface area contributed by atoms with Gasteiger partial charge in [-0.2, -0.15) is 0 Å². The lowest BCUT2D eigenvalue weighted by Crippen LogP contribution is -2.44. The van der Waals surface area contributed by atoms with E-state index < -0.39 is 0 Å². The van der Waals surface area contributed by atoms with Gasteiger partial charge in [-0.25, -0.2) is 4.79 Å². The number of aromatic nitrogens is 1. The monoisotopic (exact) mass is 353 g/mol. The third-order valence-corrected chi connectivity index (χ3v) is 4.42. The molecule has 1 saturated heterocycles. The van der Waals surface area contributed by atoms with E-state index in [-0.39, 0.29) is 24.5 Å². The number of hydrogen-bond donors (Lipinski definition) is 1. The molecule has 6 heteroatoms. The Morgan fingerprint density at radius 1 is 1.27 bits per heavy atom. The van der Waals surface area contributed by atoms with Crippen LogP contribution in [0.5, 0.6) is 0 Å². The Morgan fingerprint density at radius 2 is 2.08 bits per heavy atom. The normalized spacial score (nSPS) is 16.8. The molecule has 1 aromatic carbocycles. The standard InChI is InChI=1S/C20H23N3O3/c1-15-12-18(9-10-21-15)22-19(24)17-8-5-11-23(13-17)20(25)26-14-16-6-3-2-4-7-16/h2-4,6-7,9-10,12,17H,5,8,11,13-14H2,1H3,(H,21,22,24). The summed E-state index contributed by atoms with van der Waals surface area (Å²) < 4.78 is 5.38. The third kappa shape index (κ3) is 4.81. The molecule has 0 aliphatic carbocycles. The first kappa shape index (κ1) is 17.9. The predicted molar refractivity (Wildman–Crippen MR) is 98.5 cm³/mol. The number of benzene rings is 1. The topological polar surface area (TPSA) is 71.5 Å². The van der Waals surface area contributed by atoms with Crippen LogP contribution in [0.4, 0.5) is 10.5 Å². The summed E-state index contributed by atoms with van der Waals surface area (Å²) in [6.07, 6.45) is 2.84. The molecule has 136 valence electrons. The maximum atomic E-state index is 12.5. The van der Waals surface area contributed by atoms with Crippen molar-refractivity contribution in [3.63, 3.8) is 0 Å². The van der Waals surface area contributed by atoms with Gasteiger partial charge < -0.3 is 15.0 Å². The van der Waals surface area contributed by atoms with Crippen molar-refractivity contribution in [2.75, 3.05) is 18.4 Å². The number of hydrogen-bond acceptors (Lipinski definition) is 4. The number of pyridine rings is 1. The van der Waals surface area contributed by atoms with Crippen LogP contribution in [0.2, 0.25) is 0 Å². The van der Waals surface area contributed by atoms with Crippen molar-refractivity contribution >= 4 is 17.7 Å². The molecule has 1 aromatic heterocycles. The highest BCUT2D eigenvalue weighted by Crippen LogP contribution is 2.20. The molecular formula is C20H23N3O3. The number of amides is 2. The van der Waals surface area contributed by atoms with Crippen LogP contribution in [0.25, 0.3) is 0 Å². The second-order valence-corrected chi connectivity index (χ2v) is 6.50. The molecule has 1 aliphatic heterocycles. The van der Waals surface area contributed by atoms with Crippen molar-refractivity contribution in [2.24, 2.45) is 5.92 Å². The second kappa shape index (κ2) is 8.47. The molecule has 1 unspecified atom stereocenters. The molecule has 2 amide bonds. The van der Waals surface area contributed by atoms with Crippen LogP contribution in [0.3, 0.4) is 0 Å². The third-order valence-electron chi connectivity index (χ3n) is 4.42. The van der Waals surface area contributed by atoms with E-state index in [2.05, 4.69) is 10.3 Å². The Morgan fingerprint density at radius 3 is 2.85 bits per heavy atom. The molecule has 0 spiro atoms. The zero-order valence-electron chi connectivity index (χ0n) is 14.9. The van der Waals surface area contributed by atoms with Gasteiger partial charge in [0.15, 0.2) is 0 Å². The molecule has 2 heterocycles. The van der Waals surface area contributed by atoms with Gasteiger partial charge in [0.05, 0.1) is 5.92 Å². The fourth-order valence-electron chi connectivity index (χ4n) is 3.04. The first-order valence-electron chi connectivity index (χ1n) is 8.81. The Bertz CT molecular complexity index is 764. The first-order valence-corrected chi connectivity index (χ1v) is 8.81. The Kier molecular flexibility index (Phi) is 5.84. The van der Waals surface area contributed by atoms with Crippen molar-refractivity contribution in [3.8, 4) is 0 Å². The lowest BCUT2D eigenvalue weighted by Gasteiger charge is -2.31. The van der Waals surface area contributed by atoms with Gasteiger partial charge in [-0.15, -0.1) is 0 Å². The summed E-state index contributed by atoms with van der Waals surface area (Å²) in [6, 6.07) is 13.2. The lowest BCUT2D eigenvalue weighted by atomic mass is 9.97. The molecule has 1 fully saturated rings. The molecule has 0 bridgehead atoms. The highest BCUT2D eigenvalue weighted by molar-refractivity contribution is 5.93. The van der Waals surface area contributed by atoms with Crippen LogP contribution in [-0.4, -0.2) is 35.0 Å². The molecule has 0 radical (unpaired) electrons. The maximum Gasteiger partial charge on any atom is 0.410 e. The fourth-order valence-corrected chi connectivity index (χ4v) is 3.04. The summed E-state index contributed by atoms with van der Waals surface area (Å²) in [4.78, 5) is 30.6. The molecule has 1 N–H and O–H groups in total. The van der Waals surface area contributed by atoms with Gasteiger partial charge in [0.1, 0.15) is 6.61 Å². The van der Waals surface area contributed by atoms with Crippen molar-refractivity contribution in [1.82, 2.24) is 9.88 Å². The largest absolute Gasteiger partial charge is 0.445 e. The zero-order valence-corrected chi connectivity index (χ0v) is 14.9. The van der Waals surface area contributed by atoms with Crippen LogP contribution < -0.4 is 5.32 Å². The number of anilines is 1. The van der Waals surface area contributed by atoms with E-state index in [0.717, 1.165) is 29.8 Å². The molecule has 6 nitrogen and oxygen atoms in total. The number of carbonyl (C=O) groups excluding carboxylic acids is 2. The van der Waals surface area contributed by atoms with Gasteiger partial charge in [-0.05, 0) is 37.5 Å². The molecule has 1 atom stereocenters. The van der Waals surface area contributed by atoms with Gasteiger partial charge in [0.2, 0.25) is 5.91 Å². The van der Waals surface area contributed by atoms with Crippen LogP contribution in [0.15, 0.2) is 48.7 Å². The maximum absolute atomic E-state index is 12.5. The van der Waals surface area contributed by atoms with Gasteiger partial charge in [-0.1, -0.05) is 30.3 Å². The molecule has 2 aromatic rings. The Labute approximate surface area is 153 Å². The number of rotatable bonds is 4. The van der Waals surface area contributed by atoms with E-state index in [9.17, 15) is 9.59 Å². The van der Waals surface area contributed by atoms with Crippen LogP contribution >= 0.6 is 0 Å². The molecule has 0 saturated carbocycles. The van der Waals surface area contributed by atoms with Crippen molar-refractivity contribution in [2.45, 2.75) is 26.4 Å². The number of piperidine rings is 1. The highest BCUT2D eigenvalue weighted by Gasteiger charge is 2.29. The van der Waals surface area contributed by atoms with Gasteiger partial charge >= 0.3 is 6.09 Å². The van der Waals surface area contributed by atoms with E-state index in [4.69, 9.17) is 4.74 Å². The van der Waals surface area contributed by atoms with E-state index in [0.29, 0.717) is 13.1 Å². The molecule has 26 heavy (non-hydrogen) atoms. The Balaban J connectivity index is 1.53. The average Bonchev–Trinajstić information content (AvgIpc) is 2.67. The van der Waals surface area contributed by atoms with E-state index in [1.807, 2.05) is 43.3 Å². The minimum Gasteiger partial charge on any atom is -0.445 e. The summed E-state index contributed by atoms with van der Waals surface area (Å²) in [6.45, 7) is 3.11. The van der Waals surface area contributed by atoms with E-state index in [1.165, 1.54) is 0 Å². The zero-order chi connectivity index (χ0) is 18.4. The predicted octanol–water partition coefficient (Wildman–Crippen LogP) is 3.38. The van der Waals surface area contributed by atoms with E-state index in [1.54, 1.807) is 17.2 Å². The fraction of sp³-hybridized carbons (Fsp3) is 0.350. The summed E-state index contributed by atoms with van der Waals surface area (Å²) >= 11 is 0.